The van der Waals surface area contributed by atoms with Crippen LogP contribution < -0.4 is 0 Å². The molecule has 0 saturated carbocycles. The highest BCUT2D eigenvalue weighted by atomic mass is 14.4. The van der Waals surface area contributed by atoms with Gasteiger partial charge in [-0.25, -0.2) is 0 Å². The van der Waals surface area contributed by atoms with Crippen molar-refractivity contribution in [2.45, 2.75) is 71.6 Å². The van der Waals surface area contributed by atoms with Crippen molar-refractivity contribution in [3.8, 4) is 0 Å². The Hall–Kier alpha value is -0.330. The van der Waals surface area contributed by atoms with Crippen LogP contribution in [0.2, 0.25) is 0 Å². The van der Waals surface area contributed by atoms with Crippen LogP contribution in [0.3, 0.4) is 0 Å². The maximum Gasteiger partial charge on any atom is 0.00890 e. The van der Waals surface area contributed by atoms with Gasteiger partial charge in [0.05, 0.1) is 0 Å². The first-order chi connectivity index (χ1) is 6.31. The molecule has 0 rings (SSSR count). The fraction of sp³-hybridized carbons (Fsp3) is 0.917. The lowest BCUT2D eigenvalue weighted by molar-refractivity contribution is 0.613. The molecule has 1 heteroatoms. The number of hydrogen-bond acceptors (Lipinski definition) is 1. The second-order valence-corrected chi connectivity index (χ2v) is 3.87. The summed E-state index contributed by atoms with van der Waals surface area (Å²) in [7, 11) is 0. The fourth-order valence-electron chi connectivity index (χ4n) is 1.55. The van der Waals surface area contributed by atoms with Crippen molar-refractivity contribution in [3.05, 3.63) is 0 Å². The van der Waals surface area contributed by atoms with E-state index in [2.05, 4.69) is 13.8 Å². The van der Waals surface area contributed by atoms with E-state index in [0.717, 1.165) is 25.0 Å². The average molecular weight is 183 g/mol. The zero-order valence-corrected chi connectivity index (χ0v) is 9.36. The Morgan fingerprint density at radius 2 is 1.38 bits per heavy atom. The minimum atomic E-state index is 0.956. The molecule has 0 aliphatic heterocycles. The highest BCUT2D eigenvalue weighted by molar-refractivity contribution is 5.81. The predicted octanol–water partition coefficient (Wildman–Crippen LogP) is 4.56. The molecule has 0 bridgehead atoms. The summed E-state index contributed by atoms with van der Waals surface area (Å²) in [6.07, 6.45) is 11.2. The Kier molecular flexibility index (Phi) is 9.51. The molecule has 0 aromatic heterocycles. The average Bonchev–Trinajstić information content (AvgIpc) is 2.11. The maximum absolute atomic E-state index is 7.61. The smallest absolute Gasteiger partial charge is 0.00890 e. The third kappa shape index (κ3) is 9.59. The molecule has 0 heterocycles. The van der Waals surface area contributed by atoms with E-state index in [4.69, 9.17) is 5.41 Å². The van der Waals surface area contributed by atoms with Gasteiger partial charge in [-0.3, -0.25) is 0 Å². The van der Waals surface area contributed by atoms with Crippen LogP contribution in [-0.4, -0.2) is 5.71 Å². The summed E-state index contributed by atoms with van der Waals surface area (Å²) in [6.45, 7) is 4.40. The van der Waals surface area contributed by atoms with Gasteiger partial charge in [0, 0.05) is 5.71 Å². The first kappa shape index (κ1) is 12.7. The van der Waals surface area contributed by atoms with Crippen molar-refractivity contribution in [1.82, 2.24) is 0 Å². The van der Waals surface area contributed by atoms with E-state index in [9.17, 15) is 0 Å². The summed E-state index contributed by atoms with van der Waals surface area (Å²) >= 11 is 0. The molecule has 1 nitrogen and oxygen atoms in total. The van der Waals surface area contributed by atoms with Gasteiger partial charge >= 0.3 is 0 Å². The molecule has 0 spiro atoms. The van der Waals surface area contributed by atoms with E-state index in [1.165, 1.54) is 38.5 Å². The van der Waals surface area contributed by atoms with Crippen LogP contribution in [0.1, 0.15) is 71.6 Å². The molecule has 13 heavy (non-hydrogen) atoms. The van der Waals surface area contributed by atoms with Gasteiger partial charge in [-0.05, 0) is 19.3 Å². The van der Waals surface area contributed by atoms with Crippen LogP contribution in [0.25, 0.3) is 0 Å². The van der Waals surface area contributed by atoms with Crippen LogP contribution in [0, 0.1) is 5.41 Å². The first-order valence-electron chi connectivity index (χ1n) is 5.87. The van der Waals surface area contributed by atoms with E-state index in [1.807, 2.05) is 0 Å². The van der Waals surface area contributed by atoms with Gasteiger partial charge in [-0.1, -0.05) is 52.4 Å². The van der Waals surface area contributed by atoms with Crippen LogP contribution >= 0.6 is 0 Å². The third-order valence-corrected chi connectivity index (χ3v) is 2.38. The summed E-state index contributed by atoms with van der Waals surface area (Å²) in [4.78, 5) is 0. The number of hydrogen-bond donors (Lipinski definition) is 1. The standard InChI is InChI=1S/C12H25N/c1-3-5-6-7-8-9-11-12(13)10-4-2/h13H,3-11H2,1-2H3. The first-order valence-corrected chi connectivity index (χ1v) is 5.87. The quantitative estimate of drug-likeness (QED) is 0.400. The van der Waals surface area contributed by atoms with Crippen LogP contribution in [0.4, 0.5) is 0 Å². The molecule has 78 valence electrons. The number of nitrogens with one attached hydrogen (secondary N) is 1. The van der Waals surface area contributed by atoms with Crippen molar-refractivity contribution in [1.29, 1.82) is 5.41 Å². The summed E-state index contributed by atoms with van der Waals surface area (Å²) in [5.41, 5.74) is 0.956. The van der Waals surface area contributed by atoms with E-state index >= 15 is 0 Å². The predicted molar refractivity (Wildman–Crippen MR) is 60.6 cm³/mol. The zero-order valence-electron chi connectivity index (χ0n) is 9.36. The van der Waals surface area contributed by atoms with Gasteiger partial charge in [0.2, 0.25) is 0 Å². The Labute approximate surface area is 83.4 Å². The molecule has 0 aliphatic carbocycles. The summed E-state index contributed by atoms with van der Waals surface area (Å²) in [6, 6.07) is 0. The molecule has 0 fully saturated rings. The molecule has 0 aliphatic rings. The van der Waals surface area contributed by atoms with E-state index in [1.54, 1.807) is 0 Å². The lowest BCUT2D eigenvalue weighted by Crippen LogP contribution is -1.94. The number of unbranched alkanes of at least 4 members (excludes halogenated alkanes) is 5. The molecule has 0 aromatic carbocycles. The Morgan fingerprint density at radius 3 is 2.00 bits per heavy atom. The monoisotopic (exact) mass is 183 g/mol. The SMILES string of the molecule is CCCCCCCCC(=N)CCC. The van der Waals surface area contributed by atoms with Gasteiger partial charge < -0.3 is 5.41 Å². The normalized spacial score (nSPS) is 10.3. The van der Waals surface area contributed by atoms with Gasteiger partial charge in [0.15, 0.2) is 0 Å². The molecular formula is C12H25N. The van der Waals surface area contributed by atoms with E-state index in [0.29, 0.717) is 0 Å². The lowest BCUT2D eigenvalue weighted by atomic mass is 10.1. The maximum atomic E-state index is 7.61. The lowest BCUT2D eigenvalue weighted by Gasteiger charge is -2.02. The topological polar surface area (TPSA) is 23.9 Å². The van der Waals surface area contributed by atoms with Crippen LogP contribution in [0.5, 0.6) is 0 Å². The molecule has 0 saturated heterocycles. The van der Waals surface area contributed by atoms with Crippen LogP contribution in [-0.2, 0) is 0 Å². The van der Waals surface area contributed by atoms with Gasteiger partial charge in [-0.2, -0.15) is 0 Å². The van der Waals surface area contributed by atoms with Gasteiger partial charge in [0.25, 0.3) is 0 Å². The Morgan fingerprint density at radius 1 is 0.769 bits per heavy atom. The molecule has 0 amide bonds. The van der Waals surface area contributed by atoms with Crippen molar-refractivity contribution in [2.75, 3.05) is 0 Å². The highest BCUT2D eigenvalue weighted by Crippen LogP contribution is 2.08. The highest BCUT2D eigenvalue weighted by Gasteiger charge is 1.95. The summed E-state index contributed by atoms with van der Waals surface area (Å²) < 4.78 is 0. The van der Waals surface area contributed by atoms with Crippen molar-refractivity contribution < 1.29 is 0 Å². The minimum absolute atomic E-state index is 0.956. The van der Waals surface area contributed by atoms with Crippen molar-refractivity contribution >= 4 is 5.71 Å². The van der Waals surface area contributed by atoms with Gasteiger partial charge in [0.1, 0.15) is 0 Å². The molecular weight excluding hydrogens is 158 g/mol. The molecule has 0 atom stereocenters. The van der Waals surface area contributed by atoms with E-state index < -0.39 is 0 Å². The third-order valence-electron chi connectivity index (χ3n) is 2.38. The van der Waals surface area contributed by atoms with Gasteiger partial charge in [-0.15, -0.1) is 0 Å². The fourth-order valence-corrected chi connectivity index (χ4v) is 1.55. The van der Waals surface area contributed by atoms with Crippen LogP contribution in [0.15, 0.2) is 0 Å². The second kappa shape index (κ2) is 9.76. The summed E-state index contributed by atoms with van der Waals surface area (Å²) in [5.74, 6) is 0. The second-order valence-electron chi connectivity index (χ2n) is 3.87. The molecule has 0 radical (unpaired) electrons. The van der Waals surface area contributed by atoms with E-state index in [-0.39, 0.29) is 0 Å². The van der Waals surface area contributed by atoms with Crippen molar-refractivity contribution in [2.24, 2.45) is 0 Å². The summed E-state index contributed by atoms with van der Waals surface area (Å²) in [5, 5.41) is 7.61. The molecule has 0 unspecified atom stereocenters. The van der Waals surface area contributed by atoms with Crippen molar-refractivity contribution in [3.63, 3.8) is 0 Å². The minimum Gasteiger partial charge on any atom is -0.310 e. The zero-order chi connectivity index (χ0) is 9.94. The number of rotatable bonds is 9. The largest absolute Gasteiger partial charge is 0.310 e. The Balaban J connectivity index is 3.02. The molecule has 0 aromatic rings. The molecule has 1 N–H and O–H groups in total. The Bertz CT molecular complexity index is 118.